The zero-order valence-electron chi connectivity index (χ0n) is 13.8. The van der Waals surface area contributed by atoms with Crippen molar-refractivity contribution in [3.63, 3.8) is 0 Å². The maximum Gasteiger partial charge on any atom is 0.353 e. The molecule has 0 aliphatic carbocycles. The molecule has 1 aliphatic heterocycles. The minimum Gasteiger partial charge on any atom is -0.497 e. The number of hydrogen-bond donors (Lipinski definition) is 0. The van der Waals surface area contributed by atoms with Crippen molar-refractivity contribution in [2.45, 2.75) is 24.2 Å². The van der Waals surface area contributed by atoms with Crippen LogP contribution in [0.3, 0.4) is 0 Å². The Morgan fingerprint density at radius 2 is 1.72 bits per heavy atom. The summed E-state index contributed by atoms with van der Waals surface area (Å²) >= 11 is 1.07. The first kappa shape index (κ1) is 17.9. The molecular weight excluding hydrogens is 362 g/mol. The Morgan fingerprint density at radius 3 is 2.36 bits per heavy atom. The van der Waals surface area contributed by atoms with Gasteiger partial charge in [-0.2, -0.15) is 4.31 Å². The highest BCUT2D eigenvalue weighted by Gasteiger charge is 2.28. The molecule has 1 aromatic heterocycles. The van der Waals surface area contributed by atoms with Gasteiger partial charge in [-0.15, -0.1) is 11.3 Å². The maximum absolute atomic E-state index is 12.6. The van der Waals surface area contributed by atoms with Crippen LogP contribution in [0.5, 0.6) is 11.5 Å². The third kappa shape index (κ3) is 4.02. The van der Waals surface area contributed by atoms with Gasteiger partial charge in [0.1, 0.15) is 16.4 Å². The van der Waals surface area contributed by atoms with E-state index in [1.807, 2.05) is 0 Å². The molecule has 0 atom stereocenters. The number of carbonyl (C=O) groups excluding carboxylic acids is 1. The van der Waals surface area contributed by atoms with Crippen LogP contribution in [0, 0.1) is 0 Å². The number of esters is 1. The molecule has 2 aromatic rings. The molecule has 1 aliphatic rings. The molecular formula is C17H19NO5S2. The number of benzene rings is 1. The van der Waals surface area contributed by atoms with Gasteiger partial charge in [0.25, 0.3) is 0 Å². The van der Waals surface area contributed by atoms with Crippen molar-refractivity contribution < 1.29 is 22.7 Å². The van der Waals surface area contributed by atoms with Gasteiger partial charge in [-0.25, -0.2) is 13.2 Å². The Labute approximate surface area is 151 Å². The van der Waals surface area contributed by atoms with Crippen LogP contribution in [0.2, 0.25) is 0 Å². The molecule has 0 unspecified atom stereocenters. The molecule has 0 amide bonds. The zero-order chi connectivity index (χ0) is 17.9. The van der Waals surface area contributed by atoms with Gasteiger partial charge in [-0.3, -0.25) is 0 Å². The fraction of sp³-hybridized carbons (Fsp3) is 0.353. The average molecular weight is 381 g/mol. The van der Waals surface area contributed by atoms with Crippen molar-refractivity contribution in [3.8, 4) is 11.5 Å². The summed E-state index contributed by atoms with van der Waals surface area (Å²) < 4.78 is 37.0. The Kier molecular flexibility index (Phi) is 5.41. The normalized spacial score (nSPS) is 15.7. The molecule has 8 heteroatoms. The lowest BCUT2D eigenvalue weighted by molar-refractivity contribution is 0.0739. The van der Waals surface area contributed by atoms with E-state index in [2.05, 4.69) is 0 Å². The van der Waals surface area contributed by atoms with Crippen molar-refractivity contribution in [1.82, 2.24) is 4.31 Å². The van der Waals surface area contributed by atoms with E-state index in [0.29, 0.717) is 24.6 Å². The van der Waals surface area contributed by atoms with Crippen molar-refractivity contribution in [3.05, 3.63) is 40.6 Å². The van der Waals surface area contributed by atoms with Gasteiger partial charge in [-0.05, 0) is 43.2 Å². The average Bonchev–Trinajstić information content (AvgIpc) is 3.14. The summed E-state index contributed by atoms with van der Waals surface area (Å²) in [7, 11) is -1.98. The summed E-state index contributed by atoms with van der Waals surface area (Å²) in [6.07, 6.45) is 2.79. The summed E-state index contributed by atoms with van der Waals surface area (Å²) in [6.45, 7) is 1.06. The van der Waals surface area contributed by atoms with Gasteiger partial charge in [0.15, 0.2) is 0 Å². The Bertz CT molecular complexity index is 836. The molecule has 1 aromatic carbocycles. The monoisotopic (exact) mass is 381 g/mol. The van der Waals surface area contributed by atoms with Crippen LogP contribution in [-0.2, 0) is 10.0 Å². The van der Waals surface area contributed by atoms with Crippen LogP contribution in [0.1, 0.15) is 28.9 Å². The maximum atomic E-state index is 12.6. The van der Waals surface area contributed by atoms with Crippen LogP contribution in [0.25, 0.3) is 0 Å². The Balaban J connectivity index is 1.72. The summed E-state index contributed by atoms with van der Waals surface area (Å²) in [5.74, 6) is 0.459. The van der Waals surface area contributed by atoms with Crippen LogP contribution < -0.4 is 9.47 Å². The van der Waals surface area contributed by atoms with E-state index >= 15 is 0 Å². The molecule has 25 heavy (non-hydrogen) atoms. The molecule has 0 spiro atoms. The summed E-state index contributed by atoms with van der Waals surface area (Å²) in [6, 6.07) is 8.00. The van der Waals surface area contributed by atoms with Crippen LogP contribution >= 0.6 is 11.3 Å². The minimum absolute atomic E-state index is 0.154. The highest BCUT2D eigenvalue weighted by atomic mass is 32.2. The van der Waals surface area contributed by atoms with Gasteiger partial charge in [0, 0.05) is 18.5 Å². The smallest absolute Gasteiger partial charge is 0.353 e. The molecule has 0 radical (unpaired) electrons. The van der Waals surface area contributed by atoms with Gasteiger partial charge < -0.3 is 9.47 Å². The molecule has 0 saturated carbocycles. The quantitative estimate of drug-likeness (QED) is 0.588. The second-order valence-electron chi connectivity index (χ2n) is 5.68. The van der Waals surface area contributed by atoms with E-state index < -0.39 is 16.0 Å². The van der Waals surface area contributed by atoms with Gasteiger partial charge in [0.2, 0.25) is 10.0 Å². The first-order chi connectivity index (χ1) is 12.0. The van der Waals surface area contributed by atoms with E-state index in [9.17, 15) is 13.2 Å². The summed E-state index contributed by atoms with van der Waals surface area (Å²) in [5.41, 5.74) is 0. The standard InChI is InChI=1S/C17H19NO5S2/c1-22-13-5-7-14(8-6-13)23-17(19)16-11-15(12-24-16)25(20,21)18-9-3-2-4-10-18/h5-8,11-12H,2-4,9-10H2,1H3. The third-order valence-electron chi connectivity index (χ3n) is 4.00. The number of methoxy groups -OCH3 is 1. The van der Waals surface area contributed by atoms with E-state index in [4.69, 9.17) is 9.47 Å². The fourth-order valence-corrected chi connectivity index (χ4v) is 5.27. The molecule has 0 bridgehead atoms. The fourth-order valence-electron chi connectivity index (χ4n) is 2.62. The Hall–Kier alpha value is -1.90. The predicted molar refractivity (Wildman–Crippen MR) is 94.9 cm³/mol. The predicted octanol–water partition coefficient (Wildman–Crippen LogP) is 3.15. The van der Waals surface area contributed by atoms with Crippen LogP contribution in [0.15, 0.2) is 40.6 Å². The topological polar surface area (TPSA) is 72.9 Å². The number of nitrogens with zero attached hydrogens (tertiary/aromatic N) is 1. The molecule has 1 saturated heterocycles. The molecule has 134 valence electrons. The zero-order valence-corrected chi connectivity index (χ0v) is 15.4. The van der Waals surface area contributed by atoms with Crippen molar-refractivity contribution in [2.75, 3.05) is 20.2 Å². The highest BCUT2D eigenvalue weighted by molar-refractivity contribution is 7.89. The van der Waals surface area contributed by atoms with E-state index in [0.717, 1.165) is 30.6 Å². The summed E-state index contributed by atoms with van der Waals surface area (Å²) in [4.78, 5) is 12.6. The number of carbonyl (C=O) groups is 1. The van der Waals surface area contributed by atoms with Gasteiger partial charge in [0.05, 0.1) is 12.0 Å². The molecule has 0 N–H and O–H groups in total. The van der Waals surface area contributed by atoms with Crippen LogP contribution in [0.4, 0.5) is 0 Å². The first-order valence-electron chi connectivity index (χ1n) is 7.95. The van der Waals surface area contributed by atoms with Gasteiger partial charge in [-0.1, -0.05) is 6.42 Å². The molecule has 3 rings (SSSR count). The Morgan fingerprint density at radius 1 is 1.08 bits per heavy atom. The third-order valence-corrected chi connectivity index (χ3v) is 6.94. The van der Waals surface area contributed by atoms with Crippen LogP contribution in [-0.4, -0.2) is 38.9 Å². The lowest BCUT2D eigenvalue weighted by Gasteiger charge is -2.25. The van der Waals surface area contributed by atoms with Crippen molar-refractivity contribution in [2.24, 2.45) is 0 Å². The molecule has 1 fully saturated rings. The first-order valence-corrected chi connectivity index (χ1v) is 10.3. The molecule has 6 nitrogen and oxygen atoms in total. The number of hydrogen-bond acceptors (Lipinski definition) is 6. The summed E-state index contributed by atoms with van der Waals surface area (Å²) in [5, 5.41) is 1.49. The lowest BCUT2D eigenvalue weighted by Crippen LogP contribution is -2.35. The second kappa shape index (κ2) is 7.55. The van der Waals surface area contributed by atoms with E-state index in [1.54, 1.807) is 31.4 Å². The van der Waals surface area contributed by atoms with Crippen molar-refractivity contribution >= 4 is 27.3 Å². The number of sulfonamides is 1. The van der Waals surface area contributed by atoms with Crippen molar-refractivity contribution in [1.29, 1.82) is 0 Å². The lowest BCUT2D eigenvalue weighted by atomic mass is 10.2. The largest absolute Gasteiger partial charge is 0.497 e. The minimum atomic E-state index is -3.54. The van der Waals surface area contributed by atoms with E-state index in [-0.39, 0.29) is 9.77 Å². The second-order valence-corrected chi connectivity index (χ2v) is 8.53. The number of ether oxygens (including phenoxy) is 2. The highest BCUT2D eigenvalue weighted by Crippen LogP contribution is 2.26. The van der Waals surface area contributed by atoms with E-state index in [1.165, 1.54) is 15.8 Å². The SMILES string of the molecule is COc1ccc(OC(=O)c2cc(S(=O)(=O)N3CCCCC3)cs2)cc1. The van der Waals surface area contributed by atoms with Gasteiger partial charge >= 0.3 is 5.97 Å². The molecule has 2 heterocycles. The number of piperidine rings is 1. The number of rotatable bonds is 5. The number of thiophene rings is 1.